The predicted octanol–water partition coefficient (Wildman–Crippen LogP) is 1.94. The van der Waals surface area contributed by atoms with Gasteiger partial charge in [-0.3, -0.25) is 0 Å². The van der Waals surface area contributed by atoms with E-state index in [-0.39, 0.29) is 12.4 Å². The number of halogens is 1. The summed E-state index contributed by atoms with van der Waals surface area (Å²) < 4.78 is 5.62. The van der Waals surface area contributed by atoms with Crippen LogP contribution in [-0.2, 0) is 0 Å². The molecule has 1 aromatic rings. The molecule has 0 radical (unpaired) electrons. The quantitative estimate of drug-likeness (QED) is 0.898. The van der Waals surface area contributed by atoms with Crippen molar-refractivity contribution < 1.29 is 9.84 Å². The van der Waals surface area contributed by atoms with E-state index in [9.17, 15) is 5.11 Å². The molecule has 1 aromatic carbocycles. The Morgan fingerprint density at radius 1 is 1.35 bits per heavy atom. The molecule has 0 amide bonds. The third-order valence-corrected chi connectivity index (χ3v) is 3.00. The van der Waals surface area contributed by atoms with Gasteiger partial charge in [-0.05, 0) is 38.6 Å². The van der Waals surface area contributed by atoms with Crippen molar-refractivity contribution in [2.24, 2.45) is 0 Å². The smallest absolute Gasteiger partial charge is 0.119 e. The van der Waals surface area contributed by atoms with Crippen LogP contribution >= 0.6 is 12.4 Å². The fraction of sp³-hybridized carbons (Fsp3) is 0.538. The van der Waals surface area contributed by atoms with Gasteiger partial charge in [0.1, 0.15) is 18.0 Å². The Labute approximate surface area is 109 Å². The van der Waals surface area contributed by atoms with Crippen LogP contribution in [0.15, 0.2) is 30.3 Å². The van der Waals surface area contributed by atoms with Gasteiger partial charge >= 0.3 is 0 Å². The van der Waals surface area contributed by atoms with Crippen LogP contribution in [0.4, 0.5) is 0 Å². The van der Waals surface area contributed by atoms with Crippen molar-refractivity contribution >= 4 is 12.4 Å². The fourth-order valence-corrected chi connectivity index (χ4v) is 2.19. The summed E-state index contributed by atoms with van der Waals surface area (Å²) in [6, 6.07) is 9.65. The number of ether oxygens (including phenoxy) is 1. The lowest BCUT2D eigenvalue weighted by Gasteiger charge is -2.37. The average molecular weight is 258 g/mol. The molecule has 1 aliphatic rings. The van der Waals surface area contributed by atoms with E-state index in [0.29, 0.717) is 13.2 Å². The maximum absolute atomic E-state index is 10.3. The first kappa shape index (κ1) is 14.3. The first-order valence-corrected chi connectivity index (χ1v) is 5.77. The van der Waals surface area contributed by atoms with E-state index in [1.807, 2.05) is 37.4 Å². The van der Waals surface area contributed by atoms with Crippen molar-refractivity contribution in [1.29, 1.82) is 0 Å². The van der Waals surface area contributed by atoms with Gasteiger partial charge in [-0.2, -0.15) is 0 Å². The first-order chi connectivity index (χ1) is 7.68. The molecule has 1 saturated heterocycles. The Kier molecular flexibility index (Phi) is 5.25. The number of β-amino-alcohol motifs (C(OH)–C–C–N with tert-alkyl or cyclic N) is 1. The zero-order chi connectivity index (χ0) is 11.4. The van der Waals surface area contributed by atoms with Gasteiger partial charge in [0.15, 0.2) is 0 Å². The zero-order valence-electron chi connectivity index (χ0n) is 10.1. The molecule has 4 heteroatoms. The first-order valence-electron chi connectivity index (χ1n) is 5.77. The highest BCUT2D eigenvalue weighted by Gasteiger charge is 2.32. The molecule has 17 heavy (non-hydrogen) atoms. The number of hydrogen-bond donors (Lipinski definition) is 1. The summed E-state index contributed by atoms with van der Waals surface area (Å²) in [6.07, 6.45) is 1.86. The molecule has 3 nitrogen and oxygen atoms in total. The Morgan fingerprint density at radius 3 is 2.71 bits per heavy atom. The van der Waals surface area contributed by atoms with E-state index in [1.54, 1.807) is 0 Å². The molecule has 1 atom stereocenters. The molecule has 1 heterocycles. The second kappa shape index (κ2) is 6.24. The molecule has 1 unspecified atom stereocenters. The lowest BCUT2D eigenvalue weighted by Crippen LogP contribution is -2.50. The summed E-state index contributed by atoms with van der Waals surface area (Å²) in [4.78, 5) is 2.15. The SMILES string of the molecule is CN1CCCC(O)(COc2ccccc2)C1.Cl. The molecule has 0 aromatic heterocycles. The van der Waals surface area contributed by atoms with Crippen molar-refractivity contribution in [1.82, 2.24) is 4.90 Å². The zero-order valence-corrected chi connectivity index (χ0v) is 10.9. The monoisotopic (exact) mass is 257 g/mol. The summed E-state index contributed by atoms with van der Waals surface area (Å²) in [6.45, 7) is 2.13. The minimum Gasteiger partial charge on any atom is -0.491 e. The largest absolute Gasteiger partial charge is 0.491 e. The molecule has 0 bridgehead atoms. The topological polar surface area (TPSA) is 32.7 Å². The van der Waals surface area contributed by atoms with Crippen LogP contribution in [0.2, 0.25) is 0 Å². The third-order valence-electron chi connectivity index (χ3n) is 3.00. The fourth-order valence-electron chi connectivity index (χ4n) is 2.19. The molecule has 1 aliphatic heterocycles. The van der Waals surface area contributed by atoms with E-state index in [4.69, 9.17) is 4.74 Å². The van der Waals surface area contributed by atoms with Gasteiger partial charge in [-0.1, -0.05) is 18.2 Å². The molecule has 1 fully saturated rings. The van der Waals surface area contributed by atoms with Crippen molar-refractivity contribution in [3.05, 3.63) is 30.3 Å². The minimum atomic E-state index is -0.692. The van der Waals surface area contributed by atoms with Crippen molar-refractivity contribution in [3.8, 4) is 5.75 Å². The number of likely N-dealkylation sites (N-methyl/N-ethyl adjacent to an activating group) is 1. The standard InChI is InChI=1S/C13H19NO2.ClH/c1-14-9-5-8-13(15,10-14)11-16-12-6-3-2-4-7-12;/h2-4,6-7,15H,5,8-11H2,1H3;1H. The van der Waals surface area contributed by atoms with Gasteiger partial charge in [0.05, 0.1) is 0 Å². The molecular formula is C13H20ClNO2. The Balaban J connectivity index is 0.00000144. The average Bonchev–Trinajstić information content (AvgIpc) is 2.28. The lowest BCUT2D eigenvalue weighted by atomic mass is 9.94. The second-order valence-corrected chi connectivity index (χ2v) is 4.67. The van der Waals surface area contributed by atoms with Crippen molar-refractivity contribution in [2.45, 2.75) is 18.4 Å². The second-order valence-electron chi connectivity index (χ2n) is 4.67. The van der Waals surface area contributed by atoms with Gasteiger partial charge < -0.3 is 14.7 Å². The lowest BCUT2D eigenvalue weighted by molar-refractivity contribution is -0.0541. The number of benzene rings is 1. The molecule has 96 valence electrons. The van der Waals surface area contributed by atoms with Gasteiger partial charge in [0.25, 0.3) is 0 Å². The van der Waals surface area contributed by atoms with Gasteiger partial charge in [0.2, 0.25) is 0 Å². The van der Waals surface area contributed by atoms with Crippen LogP contribution in [0, 0.1) is 0 Å². The predicted molar refractivity (Wildman–Crippen MR) is 70.9 cm³/mol. The van der Waals surface area contributed by atoms with Crippen molar-refractivity contribution in [2.75, 3.05) is 26.7 Å². The van der Waals surface area contributed by atoms with Gasteiger partial charge in [-0.25, -0.2) is 0 Å². The Bertz CT molecular complexity index is 333. The molecular weight excluding hydrogens is 238 g/mol. The van der Waals surface area contributed by atoms with Gasteiger partial charge in [0, 0.05) is 6.54 Å². The van der Waals surface area contributed by atoms with Crippen LogP contribution in [0.1, 0.15) is 12.8 Å². The summed E-state index contributed by atoms with van der Waals surface area (Å²) >= 11 is 0. The molecule has 0 aliphatic carbocycles. The summed E-state index contributed by atoms with van der Waals surface area (Å²) in [5, 5.41) is 10.3. The van der Waals surface area contributed by atoms with Crippen LogP contribution in [0.5, 0.6) is 5.75 Å². The third kappa shape index (κ3) is 4.19. The highest BCUT2D eigenvalue weighted by atomic mass is 35.5. The van der Waals surface area contributed by atoms with Crippen LogP contribution in [0.25, 0.3) is 0 Å². The number of nitrogens with zero attached hydrogens (tertiary/aromatic N) is 1. The number of piperidine rings is 1. The maximum atomic E-state index is 10.3. The van der Waals surface area contributed by atoms with E-state index < -0.39 is 5.60 Å². The Hall–Kier alpha value is -0.770. The van der Waals surface area contributed by atoms with Crippen molar-refractivity contribution in [3.63, 3.8) is 0 Å². The highest BCUT2D eigenvalue weighted by Crippen LogP contribution is 2.21. The van der Waals surface area contributed by atoms with Crippen LogP contribution in [0.3, 0.4) is 0 Å². The van der Waals surface area contributed by atoms with Crippen LogP contribution < -0.4 is 4.74 Å². The highest BCUT2D eigenvalue weighted by molar-refractivity contribution is 5.85. The number of hydrogen-bond acceptors (Lipinski definition) is 3. The molecule has 2 rings (SSSR count). The number of rotatable bonds is 3. The molecule has 0 saturated carbocycles. The van der Waals surface area contributed by atoms with E-state index in [2.05, 4.69) is 4.90 Å². The molecule has 0 spiro atoms. The Morgan fingerprint density at radius 2 is 2.06 bits per heavy atom. The normalized spacial score (nSPS) is 25.1. The number of likely N-dealkylation sites (tertiary alicyclic amines) is 1. The van der Waals surface area contributed by atoms with E-state index in [0.717, 1.165) is 25.1 Å². The number of aliphatic hydroxyl groups is 1. The minimum absolute atomic E-state index is 0. The summed E-state index contributed by atoms with van der Waals surface area (Å²) in [5.41, 5.74) is -0.692. The van der Waals surface area contributed by atoms with Gasteiger partial charge in [-0.15, -0.1) is 12.4 Å². The summed E-state index contributed by atoms with van der Waals surface area (Å²) in [5.74, 6) is 0.823. The van der Waals surface area contributed by atoms with Crippen LogP contribution in [-0.4, -0.2) is 42.4 Å². The maximum Gasteiger partial charge on any atom is 0.119 e. The van der Waals surface area contributed by atoms with E-state index >= 15 is 0 Å². The number of para-hydroxylation sites is 1. The van der Waals surface area contributed by atoms with E-state index in [1.165, 1.54) is 0 Å². The summed E-state index contributed by atoms with van der Waals surface area (Å²) in [7, 11) is 2.03. The molecule has 1 N–H and O–H groups in total.